The molecule has 3 aromatic carbocycles. The topological polar surface area (TPSA) is 53.0 Å². The number of carbonyl (C=O) groups excluding carboxylic acids is 1. The van der Waals surface area contributed by atoms with Crippen molar-refractivity contribution in [3.8, 4) is 11.5 Å². The Kier molecular flexibility index (Phi) is 6.54. The summed E-state index contributed by atoms with van der Waals surface area (Å²) in [5, 5.41) is 11.4. The van der Waals surface area contributed by atoms with Crippen LogP contribution in [0.3, 0.4) is 0 Å². The highest BCUT2D eigenvalue weighted by Crippen LogP contribution is 2.40. The first kappa shape index (κ1) is 23.5. The van der Waals surface area contributed by atoms with Gasteiger partial charge in [-0.3, -0.25) is 9.69 Å². The minimum Gasteiger partial charge on any atom is -0.507 e. The summed E-state index contributed by atoms with van der Waals surface area (Å²) < 4.78 is 6.06. The Morgan fingerprint density at radius 2 is 1.77 bits per heavy atom. The number of allylic oxidation sites excluding steroid dienone is 1. The predicted octanol–water partition coefficient (Wildman–Crippen LogP) is 6.11. The summed E-state index contributed by atoms with van der Waals surface area (Å²) in [7, 11) is 0. The first-order valence-electron chi connectivity index (χ1n) is 12.0. The second-order valence-electron chi connectivity index (χ2n) is 9.44. The molecule has 2 aliphatic heterocycles. The number of phenolic OH excluding ortho intramolecular Hbond substituents is 1. The Balaban J connectivity index is 1.31. The zero-order chi connectivity index (χ0) is 24.5. The summed E-state index contributed by atoms with van der Waals surface area (Å²) in [6, 6.07) is 19.3. The molecule has 2 heterocycles. The smallest absolute Gasteiger partial charge is 0.231 e. The largest absolute Gasteiger partial charge is 0.507 e. The predicted molar refractivity (Wildman–Crippen MR) is 141 cm³/mol. The van der Waals surface area contributed by atoms with E-state index < -0.39 is 0 Å². The van der Waals surface area contributed by atoms with Gasteiger partial charge in [0.25, 0.3) is 0 Å². The Bertz CT molecular complexity index is 1280. The number of nitrogens with zero attached hydrogens (tertiary/aromatic N) is 2. The Hall–Kier alpha value is -3.28. The number of piperazine rings is 1. The SMILES string of the molecule is CC(C)c1ccc(/C=C2/Oc3c(ccc(O)c3CN3CCN(c4cccc(Cl)c4)CC3)C2=O)cc1. The number of anilines is 1. The molecule has 0 amide bonds. The third-order valence-electron chi connectivity index (χ3n) is 6.74. The van der Waals surface area contributed by atoms with Gasteiger partial charge in [-0.15, -0.1) is 0 Å². The van der Waals surface area contributed by atoms with Gasteiger partial charge in [-0.25, -0.2) is 0 Å². The molecule has 3 aromatic rings. The molecule has 0 atom stereocenters. The Morgan fingerprint density at radius 1 is 1.03 bits per heavy atom. The molecule has 1 N–H and O–H groups in total. The van der Waals surface area contributed by atoms with Crippen LogP contribution in [0, 0.1) is 0 Å². The van der Waals surface area contributed by atoms with Gasteiger partial charge in [0, 0.05) is 43.4 Å². The molecule has 0 radical (unpaired) electrons. The summed E-state index contributed by atoms with van der Waals surface area (Å²) in [6.07, 6.45) is 1.77. The third-order valence-corrected chi connectivity index (χ3v) is 6.98. The Labute approximate surface area is 211 Å². The molecule has 5 nitrogen and oxygen atoms in total. The molecule has 0 spiro atoms. The van der Waals surface area contributed by atoms with Crippen LogP contribution in [0.15, 0.2) is 66.4 Å². The Morgan fingerprint density at radius 3 is 2.46 bits per heavy atom. The molecule has 1 saturated heterocycles. The van der Waals surface area contributed by atoms with Crippen LogP contribution in [0.2, 0.25) is 5.02 Å². The maximum atomic E-state index is 13.1. The van der Waals surface area contributed by atoms with Crippen LogP contribution in [0.4, 0.5) is 5.69 Å². The summed E-state index contributed by atoms with van der Waals surface area (Å²) in [5.41, 5.74) is 4.43. The molecule has 0 aliphatic carbocycles. The van der Waals surface area contributed by atoms with E-state index in [1.54, 1.807) is 18.2 Å². The molecule has 6 heteroatoms. The van der Waals surface area contributed by atoms with E-state index in [0.717, 1.165) is 42.5 Å². The fraction of sp³-hybridized carbons (Fsp3) is 0.276. The number of Topliss-reactive ketones (excluding diaryl/α,β-unsaturated/α-hetero) is 1. The summed E-state index contributed by atoms with van der Waals surface area (Å²) in [6.45, 7) is 8.18. The number of ketones is 1. The lowest BCUT2D eigenvalue weighted by Gasteiger charge is -2.36. The van der Waals surface area contributed by atoms with E-state index in [-0.39, 0.29) is 17.3 Å². The van der Waals surface area contributed by atoms with Crippen LogP contribution >= 0.6 is 11.6 Å². The first-order chi connectivity index (χ1) is 16.9. The van der Waals surface area contributed by atoms with E-state index in [1.165, 1.54) is 5.56 Å². The maximum absolute atomic E-state index is 13.1. The molecule has 0 aromatic heterocycles. The second kappa shape index (κ2) is 9.76. The summed E-state index contributed by atoms with van der Waals surface area (Å²) in [5.74, 6) is 1.20. The highest BCUT2D eigenvalue weighted by molar-refractivity contribution is 6.30. The maximum Gasteiger partial charge on any atom is 0.231 e. The molecule has 2 aliphatic rings. The van der Waals surface area contributed by atoms with Crippen LogP contribution in [-0.2, 0) is 6.54 Å². The number of aromatic hydroxyl groups is 1. The highest BCUT2D eigenvalue weighted by Gasteiger charge is 2.32. The number of halogens is 1. The van der Waals surface area contributed by atoms with Crippen molar-refractivity contribution in [3.63, 3.8) is 0 Å². The normalized spacial score (nSPS) is 17.2. The molecule has 0 unspecified atom stereocenters. The number of carbonyl (C=O) groups is 1. The van der Waals surface area contributed by atoms with Crippen LogP contribution < -0.4 is 9.64 Å². The molecular weight excluding hydrogens is 460 g/mol. The van der Waals surface area contributed by atoms with E-state index >= 15 is 0 Å². The standard InChI is InChI=1S/C29H29ClN2O3/c1-19(2)21-8-6-20(7-9-21)16-27-28(34)24-10-11-26(33)25(29(24)35-27)18-31-12-14-32(15-13-31)23-5-3-4-22(30)17-23/h3-11,16-17,19,33H,12-15,18H2,1-2H3/b27-16+. The van der Waals surface area contributed by atoms with Crippen molar-refractivity contribution in [1.29, 1.82) is 0 Å². The molecule has 0 saturated carbocycles. The number of hydrogen-bond donors (Lipinski definition) is 1. The van der Waals surface area contributed by atoms with Gasteiger partial charge in [-0.05, 0) is 53.5 Å². The fourth-order valence-electron chi connectivity index (χ4n) is 4.64. The van der Waals surface area contributed by atoms with Gasteiger partial charge in [-0.2, -0.15) is 0 Å². The second-order valence-corrected chi connectivity index (χ2v) is 9.88. The van der Waals surface area contributed by atoms with Gasteiger partial charge in [-0.1, -0.05) is 55.8 Å². The molecule has 35 heavy (non-hydrogen) atoms. The van der Waals surface area contributed by atoms with Gasteiger partial charge < -0.3 is 14.7 Å². The number of benzene rings is 3. The third kappa shape index (κ3) is 4.93. The number of fused-ring (bicyclic) bond motifs is 1. The molecule has 180 valence electrons. The van der Waals surface area contributed by atoms with Crippen LogP contribution in [0.1, 0.15) is 46.8 Å². The summed E-state index contributed by atoms with van der Waals surface area (Å²) in [4.78, 5) is 17.6. The van der Waals surface area contributed by atoms with Crippen molar-refractivity contribution in [2.75, 3.05) is 31.1 Å². The summed E-state index contributed by atoms with van der Waals surface area (Å²) >= 11 is 6.15. The van der Waals surface area contributed by atoms with E-state index in [2.05, 4.69) is 41.8 Å². The zero-order valence-electron chi connectivity index (χ0n) is 20.0. The molecule has 1 fully saturated rings. The molecule has 5 rings (SSSR count). The average Bonchev–Trinajstić information content (AvgIpc) is 3.17. The average molecular weight is 489 g/mol. The van der Waals surface area contributed by atoms with E-state index in [1.807, 2.05) is 30.3 Å². The zero-order valence-corrected chi connectivity index (χ0v) is 20.8. The van der Waals surface area contributed by atoms with Crippen molar-refractivity contribution in [2.45, 2.75) is 26.3 Å². The van der Waals surface area contributed by atoms with Crippen LogP contribution in [0.25, 0.3) is 6.08 Å². The quantitative estimate of drug-likeness (QED) is 0.439. The van der Waals surface area contributed by atoms with E-state index in [4.69, 9.17) is 16.3 Å². The van der Waals surface area contributed by atoms with Gasteiger partial charge in [0.05, 0.1) is 11.1 Å². The number of phenols is 1. The van der Waals surface area contributed by atoms with Crippen LogP contribution in [-0.4, -0.2) is 42.0 Å². The van der Waals surface area contributed by atoms with Gasteiger partial charge in [0.1, 0.15) is 11.5 Å². The van der Waals surface area contributed by atoms with Crippen molar-refractivity contribution < 1.29 is 14.6 Å². The number of hydrogen-bond acceptors (Lipinski definition) is 5. The van der Waals surface area contributed by atoms with E-state index in [9.17, 15) is 9.90 Å². The van der Waals surface area contributed by atoms with Crippen molar-refractivity contribution in [3.05, 3.63) is 93.7 Å². The fourth-order valence-corrected chi connectivity index (χ4v) is 4.82. The van der Waals surface area contributed by atoms with E-state index in [0.29, 0.717) is 29.3 Å². The first-order valence-corrected chi connectivity index (χ1v) is 12.4. The van der Waals surface area contributed by atoms with Crippen LogP contribution in [0.5, 0.6) is 11.5 Å². The monoisotopic (exact) mass is 488 g/mol. The van der Waals surface area contributed by atoms with Gasteiger partial charge in [0.15, 0.2) is 5.76 Å². The molecule has 0 bridgehead atoms. The minimum atomic E-state index is -0.153. The lowest BCUT2D eigenvalue weighted by atomic mass is 10.0. The lowest BCUT2D eigenvalue weighted by molar-refractivity contribution is 0.101. The number of ether oxygens (including phenoxy) is 1. The number of rotatable bonds is 5. The lowest BCUT2D eigenvalue weighted by Crippen LogP contribution is -2.46. The minimum absolute atomic E-state index is 0.149. The van der Waals surface area contributed by atoms with Crippen molar-refractivity contribution in [1.82, 2.24) is 4.90 Å². The van der Waals surface area contributed by atoms with Crippen molar-refractivity contribution >= 4 is 29.1 Å². The van der Waals surface area contributed by atoms with Gasteiger partial charge in [0.2, 0.25) is 5.78 Å². The highest BCUT2D eigenvalue weighted by atomic mass is 35.5. The van der Waals surface area contributed by atoms with Crippen molar-refractivity contribution in [2.24, 2.45) is 0 Å². The van der Waals surface area contributed by atoms with Gasteiger partial charge >= 0.3 is 0 Å². The molecular formula is C29H29ClN2O3.